The minimum absolute atomic E-state index is 0.0152. The van der Waals surface area contributed by atoms with Crippen LogP contribution in [0.3, 0.4) is 0 Å². The van der Waals surface area contributed by atoms with Crippen LogP contribution in [0.15, 0.2) is 0 Å². The normalized spacial score (nSPS) is 11.8. The highest BCUT2D eigenvalue weighted by Crippen LogP contribution is 1.98. The summed E-state index contributed by atoms with van der Waals surface area (Å²) in [5, 5.41) is 10.9. The van der Waals surface area contributed by atoms with Crippen molar-refractivity contribution >= 4 is 29.4 Å². The van der Waals surface area contributed by atoms with E-state index >= 15 is 0 Å². The fourth-order valence-electron chi connectivity index (χ4n) is 0.896. The first kappa shape index (κ1) is 13.7. The number of carbonyl (C=O) groups excluding carboxylic acids is 2. The van der Waals surface area contributed by atoms with Crippen molar-refractivity contribution in [1.82, 2.24) is 5.32 Å². The highest BCUT2D eigenvalue weighted by atomic mass is 35.5. The molecule has 7 heteroatoms. The average molecular weight is 237 g/mol. The molecule has 0 spiro atoms. The molecule has 0 aliphatic heterocycles. The number of amides is 2. The highest BCUT2D eigenvalue weighted by Gasteiger charge is 2.19. The Balaban J connectivity index is 4.10. The van der Waals surface area contributed by atoms with Crippen molar-refractivity contribution in [2.24, 2.45) is 5.73 Å². The maximum atomic E-state index is 11.0. The summed E-state index contributed by atoms with van der Waals surface area (Å²) >= 11 is 5.30. The number of carboxylic acids is 1. The average Bonchev–Trinajstić information content (AvgIpc) is 2.11. The van der Waals surface area contributed by atoms with Crippen LogP contribution in [0.5, 0.6) is 0 Å². The molecule has 4 N–H and O–H groups in total. The second kappa shape index (κ2) is 7.05. The third kappa shape index (κ3) is 6.73. The van der Waals surface area contributed by atoms with Crippen LogP contribution in [0.4, 0.5) is 0 Å². The van der Waals surface area contributed by atoms with Crippen molar-refractivity contribution in [2.75, 3.05) is 5.88 Å². The van der Waals surface area contributed by atoms with E-state index in [1.807, 2.05) is 0 Å². The SMILES string of the molecule is NC(=O)CCC(NC(=O)CCCl)C(=O)O. The van der Waals surface area contributed by atoms with E-state index in [-0.39, 0.29) is 25.1 Å². The van der Waals surface area contributed by atoms with E-state index in [1.54, 1.807) is 0 Å². The molecule has 86 valence electrons. The lowest BCUT2D eigenvalue weighted by atomic mass is 10.1. The van der Waals surface area contributed by atoms with Gasteiger partial charge in [-0.3, -0.25) is 9.59 Å². The third-order valence-corrected chi connectivity index (χ3v) is 1.82. The Hall–Kier alpha value is -1.30. The van der Waals surface area contributed by atoms with E-state index in [4.69, 9.17) is 22.4 Å². The number of nitrogens with one attached hydrogen (secondary N) is 1. The van der Waals surface area contributed by atoms with Gasteiger partial charge in [-0.1, -0.05) is 0 Å². The number of halogens is 1. The summed E-state index contributed by atoms with van der Waals surface area (Å²) < 4.78 is 0. The Kier molecular flexibility index (Phi) is 6.44. The fraction of sp³-hybridized carbons (Fsp3) is 0.625. The van der Waals surface area contributed by atoms with Crippen LogP contribution >= 0.6 is 11.6 Å². The number of carboxylic acid groups (broad SMARTS) is 1. The van der Waals surface area contributed by atoms with Crippen molar-refractivity contribution in [3.63, 3.8) is 0 Å². The van der Waals surface area contributed by atoms with E-state index in [0.29, 0.717) is 0 Å². The first-order valence-electron chi connectivity index (χ1n) is 4.33. The predicted octanol–water partition coefficient (Wildman–Crippen LogP) is -0.550. The number of hydrogen-bond acceptors (Lipinski definition) is 3. The summed E-state index contributed by atoms with van der Waals surface area (Å²) in [6.45, 7) is 0. The summed E-state index contributed by atoms with van der Waals surface area (Å²) in [5.74, 6) is -2.14. The van der Waals surface area contributed by atoms with Crippen LogP contribution in [-0.4, -0.2) is 34.8 Å². The maximum Gasteiger partial charge on any atom is 0.326 e. The molecule has 0 saturated heterocycles. The topological polar surface area (TPSA) is 109 Å². The molecule has 0 saturated carbocycles. The van der Waals surface area contributed by atoms with Crippen molar-refractivity contribution in [1.29, 1.82) is 0 Å². The first-order chi connectivity index (χ1) is 6.97. The minimum atomic E-state index is -1.20. The van der Waals surface area contributed by atoms with Crippen LogP contribution in [0, 0.1) is 0 Å². The Morgan fingerprint density at radius 3 is 2.33 bits per heavy atom. The second-order valence-electron chi connectivity index (χ2n) is 2.90. The van der Waals surface area contributed by atoms with Gasteiger partial charge in [-0.15, -0.1) is 11.6 Å². The second-order valence-corrected chi connectivity index (χ2v) is 3.28. The lowest BCUT2D eigenvalue weighted by molar-refractivity contribution is -0.142. The summed E-state index contributed by atoms with van der Waals surface area (Å²) in [6, 6.07) is -1.09. The van der Waals surface area contributed by atoms with Gasteiger partial charge < -0.3 is 16.2 Å². The van der Waals surface area contributed by atoms with Crippen molar-refractivity contribution < 1.29 is 19.5 Å². The Morgan fingerprint density at radius 1 is 1.33 bits per heavy atom. The maximum absolute atomic E-state index is 11.0. The van der Waals surface area contributed by atoms with Gasteiger partial charge >= 0.3 is 5.97 Å². The third-order valence-electron chi connectivity index (χ3n) is 1.63. The van der Waals surface area contributed by atoms with Gasteiger partial charge in [0, 0.05) is 18.7 Å². The molecule has 0 aromatic carbocycles. The Bertz CT molecular complexity index is 257. The number of aliphatic carboxylic acids is 1. The standard InChI is InChI=1S/C8H13ClN2O4/c9-4-3-7(13)11-5(8(14)15)1-2-6(10)12/h5H,1-4H2,(H2,10,12)(H,11,13)(H,14,15). The van der Waals surface area contributed by atoms with E-state index in [2.05, 4.69) is 5.32 Å². The van der Waals surface area contributed by atoms with Gasteiger partial charge in [0.2, 0.25) is 11.8 Å². The minimum Gasteiger partial charge on any atom is -0.480 e. The molecule has 1 atom stereocenters. The van der Waals surface area contributed by atoms with Crippen LogP contribution in [0.1, 0.15) is 19.3 Å². The fourth-order valence-corrected chi connectivity index (χ4v) is 1.07. The largest absolute Gasteiger partial charge is 0.480 e. The van der Waals surface area contributed by atoms with Gasteiger partial charge in [-0.2, -0.15) is 0 Å². The Labute approximate surface area is 91.8 Å². The molecule has 0 aliphatic carbocycles. The molecule has 2 amide bonds. The van der Waals surface area contributed by atoms with E-state index in [9.17, 15) is 14.4 Å². The number of alkyl halides is 1. The molecule has 0 aliphatic rings. The zero-order chi connectivity index (χ0) is 11.8. The summed E-state index contributed by atoms with van der Waals surface area (Å²) in [5.41, 5.74) is 4.86. The lowest BCUT2D eigenvalue weighted by Gasteiger charge is -2.12. The lowest BCUT2D eigenvalue weighted by Crippen LogP contribution is -2.41. The molecule has 15 heavy (non-hydrogen) atoms. The van der Waals surface area contributed by atoms with Crippen LogP contribution in [0.2, 0.25) is 0 Å². The predicted molar refractivity (Wildman–Crippen MR) is 53.3 cm³/mol. The quantitative estimate of drug-likeness (QED) is 0.515. The van der Waals surface area contributed by atoms with Gasteiger partial charge in [0.05, 0.1) is 0 Å². The van der Waals surface area contributed by atoms with E-state index < -0.39 is 23.8 Å². The zero-order valence-corrected chi connectivity index (χ0v) is 8.79. The number of rotatable bonds is 7. The molecule has 0 aromatic heterocycles. The highest BCUT2D eigenvalue weighted by molar-refractivity contribution is 6.18. The van der Waals surface area contributed by atoms with Crippen molar-refractivity contribution in [3.8, 4) is 0 Å². The molecular formula is C8H13ClN2O4. The number of carbonyl (C=O) groups is 3. The first-order valence-corrected chi connectivity index (χ1v) is 4.87. The smallest absolute Gasteiger partial charge is 0.326 e. The molecule has 0 heterocycles. The Morgan fingerprint density at radius 2 is 1.93 bits per heavy atom. The molecule has 0 radical (unpaired) electrons. The summed E-state index contributed by atoms with van der Waals surface area (Å²) in [7, 11) is 0. The molecule has 0 aromatic rings. The van der Waals surface area contributed by atoms with Gasteiger partial charge in [0.25, 0.3) is 0 Å². The van der Waals surface area contributed by atoms with Gasteiger partial charge in [0.15, 0.2) is 0 Å². The van der Waals surface area contributed by atoms with Crippen molar-refractivity contribution in [3.05, 3.63) is 0 Å². The number of hydrogen-bond donors (Lipinski definition) is 3. The zero-order valence-electron chi connectivity index (χ0n) is 8.03. The molecule has 0 fully saturated rings. The van der Waals surface area contributed by atoms with Gasteiger partial charge in [0.1, 0.15) is 6.04 Å². The van der Waals surface area contributed by atoms with E-state index in [0.717, 1.165) is 0 Å². The van der Waals surface area contributed by atoms with Gasteiger partial charge in [-0.25, -0.2) is 4.79 Å². The van der Waals surface area contributed by atoms with Crippen LogP contribution < -0.4 is 11.1 Å². The monoisotopic (exact) mass is 236 g/mol. The molecule has 0 rings (SSSR count). The van der Waals surface area contributed by atoms with Crippen molar-refractivity contribution in [2.45, 2.75) is 25.3 Å². The molecule has 1 unspecified atom stereocenters. The molecular weight excluding hydrogens is 224 g/mol. The molecule has 6 nitrogen and oxygen atoms in total. The van der Waals surface area contributed by atoms with Gasteiger partial charge in [-0.05, 0) is 6.42 Å². The van der Waals surface area contributed by atoms with Crippen LogP contribution in [0.25, 0.3) is 0 Å². The summed E-state index contributed by atoms with van der Waals surface area (Å²) in [4.78, 5) is 32.1. The van der Waals surface area contributed by atoms with E-state index in [1.165, 1.54) is 0 Å². The number of nitrogens with two attached hydrogens (primary N) is 1. The summed E-state index contributed by atoms with van der Waals surface area (Å²) in [6.07, 6.45) is -0.0568. The number of primary amides is 1. The van der Waals surface area contributed by atoms with Crippen LogP contribution in [-0.2, 0) is 14.4 Å². The molecule has 0 bridgehead atoms.